The molecule has 2 aromatic heterocycles. The van der Waals surface area contributed by atoms with E-state index in [1.54, 1.807) is 4.90 Å². The molecule has 3 saturated heterocycles. The van der Waals surface area contributed by atoms with Crippen LogP contribution in [0.15, 0.2) is 48.7 Å². The summed E-state index contributed by atoms with van der Waals surface area (Å²) in [6.45, 7) is 10.0. The fraction of sp³-hybridized carbons (Fsp3) is 0.488. The maximum absolute atomic E-state index is 14.2. The fourth-order valence-electron chi connectivity index (χ4n) is 8.52. The van der Waals surface area contributed by atoms with Crippen LogP contribution in [0, 0.1) is 23.7 Å². The predicted molar refractivity (Wildman–Crippen MR) is 224 cm³/mol. The largest absolute Gasteiger partial charge is 0.453 e. The minimum Gasteiger partial charge on any atom is -0.453 e. The SMILES string of the molecule is COC(=O)N[C@H](C(=O)N1CCC[C@H]1c1nc2cc(C#Cc3ccc(-c4cnc([C@@H]5C[Si](C)(C)CN5C(=O)[C@@H](NC(=O)OC)C5CCOCC5)[nH]4)cc3)ccc2[nH]1)C(C)C. The number of carbonyl (C=O) groups is 4. The van der Waals surface area contributed by atoms with E-state index in [2.05, 4.69) is 45.5 Å². The number of H-pyrrole nitrogens is 2. The van der Waals surface area contributed by atoms with Crippen LogP contribution in [0.25, 0.3) is 22.3 Å². The molecular formula is C43H54N8O7Si. The molecule has 15 nitrogen and oxygen atoms in total. The molecule has 4 amide bonds. The summed E-state index contributed by atoms with van der Waals surface area (Å²) in [5.41, 5.74) is 5.05. The molecule has 0 bridgehead atoms. The second-order valence-corrected chi connectivity index (χ2v) is 21.9. The third-order valence-corrected chi connectivity index (χ3v) is 14.4. The summed E-state index contributed by atoms with van der Waals surface area (Å²) in [6.07, 6.45) is 4.22. The summed E-state index contributed by atoms with van der Waals surface area (Å²) in [5.74, 6) is 7.58. The lowest BCUT2D eigenvalue weighted by molar-refractivity contribution is -0.136. The Morgan fingerprint density at radius 1 is 0.864 bits per heavy atom. The van der Waals surface area contributed by atoms with Gasteiger partial charge in [0.1, 0.15) is 23.7 Å². The lowest BCUT2D eigenvalue weighted by atomic mass is 9.90. The van der Waals surface area contributed by atoms with Crippen LogP contribution in [0.1, 0.15) is 74.4 Å². The summed E-state index contributed by atoms with van der Waals surface area (Å²) in [5, 5.41) is 5.54. The van der Waals surface area contributed by atoms with Crippen LogP contribution in [0.2, 0.25) is 19.1 Å². The average molecular weight is 823 g/mol. The smallest absolute Gasteiger partial charge is 0.407 e. The van der Waals surface area contributed by atoms with Crippen molar-refractivity contribution in [1.29, 1.82) is 0 Å². The Morgan fingerprint density at radius 2 is 1.56 bits per heavy atom. The number of likely N-dealkylation sites (tertiary alicyclic amines) is 1. The van der Waals surface area contributed by atoms with Gasteiger partial charge in [0.05, 0.1) is 57.3 Å². The molecule has 5 heterocycles. The molecule has 2 aromatic carbocycles. The van der Waals surface area contributed by atoms with E-state index in [1.807, 2.05) is 67.4 Å². The number of carbonyl (C=O) groups excluding carboxylic acids is 4. The van der Waals surface area contributed by atoms with E-state index in [-0.39, 0.29) is 35.7 Å². The molecule has 0 spiro atoms. The van der Waals surface area contributed by atoms with Gasteiger partial charge in [-0.15, -0.1) is 0 Å². The maximum Gasteiger partial charge on any atom is 0.407 e. The van der Waals surface area contributed by atoms with E-state index in [1.165, 1.54) is 14.2 Å². The van der Waals surface area contributed by atoms with E-state index >= 15 is 0 Å². The second kappa shape index (κ2) is 17.7. The quantitative estimate of drug-likeness (QED) is 0.122. The third-order valence-electron chi connectivity index (χ3n) is 11.7. The van der Waals surface area contributed by atoms with Gasteiger partial charge in [0, 0.05) is 37.1 Å². The molecule has 0 saturated carbocycles. The van der Waals surface area contributed by atoms with Gasteiger partial charge in [-0.2, -0.15) is 0 Å². The molecule has 0 radical (unpaired) electrons. The van der Waals surface area contributed by atoms with Crippen LogP contribution in [0.5, 0.6) is 0 Å². The van der Waals surface area contributed by atoms with Crippen LogP contribution in [-0.4, -0.2) is 114 Å². The Morgan fingerprint density at radius 3 is 2.27 bits per heavy atom. The first-order valence-electron chi connectivity index (χ1n) is 20.4. The van der Waals surface area contributed by atoms with Gasteiger partial charge in [-0.1, -0.05) is 50.9 Å². The minimum atomic E-state index is -1.78. The van der Waals surface area contributed by atoms with Gasteiger partial charge < -0.3 is 44.6 Å². The molecule has 0 unspecified atom stereocenters. The fourth-order valence-corrected chi connectivity index (χ4v) is 11.4. The number of aromatic amines is 2. The Hall–Kier alpha value is -5.66. The van der Waals surface area contributed by atoms with Gasteiger partial charge >= 0.3 is 12.2 Å². The van der Waals surface area contributed by atoms with E-state index in [0.29, 0.717) is 44.6 Å². The van der Waals surface area contributed by atoms with Crippen molar-refractivity contribution in [3.63, 3.8) is 0 Å². The molecular weight excluding hydrogens is 769 g/mol. The summed E-state index contributed by atoms with van der Waals surface area (Å²) in [7, 11) is 0.813. The maximum atomic E-state index is 14.2. The number of imidazole rings is 2. The van der Waals surface area contributed by atoms with Crippen LogP contribution >= 0.6 is 0 Å². The molecule has 3 aliphatic heterocycles. The van der Waals surface area contributed by atoms with Crippen molar-refractivity contribution in [3.8, 4) is 23.1 Å². The molecule has 4 N–H and O–H groups in total. The number of hydrogen-bond acceptors (Lipinski definition) is 9. The lowest BCUT2D eigenvalue weighted by Crippen LogP contribution is -2.53. The van der Waals surface area contributed by atoms with E-state index < -0.39 is 32.3 Å². The first-order chi connectivity index (χ1) is 28.3. The highest BCUT2D eigenvalue weighted by Crippen LogP contribution is 2.39. The van der Waals surface area contributed by atoms with Gasteiger partial charge in [0.15, 0.2) is 0 Å². The van der Waals surface area contributed by atoms with Crippen molar-refractivity contribution < 1.29 is 33.4 Å². The molecule has 312 valence electrons. The number of alkyl carbamates (subject to hydrolysis) is 2. The number of methoxy groups -OCH3 is 2. The van der Waals surface area contributed by atoms with Gasteiger partial charge in [0.2, 0.25) is 11.8 Å². The Kier molecular flexibility index (Phi) is 12.4. The normalized spacial score (nSPS) is 20.2. The van der Waals surface area contributed by atoms with E-state index in [0.717, 1.165) is 58.1 Å². The number of fused-ring (bicyclic) bond motifs is 1. The van der Waals surface area contributed by atoms with Crippen LogP contribution < -0.4 is 10.6 Å². The van der Waals surface area contributed by atoms with Crippen LogP contribution in [-0.2, 0) is 23.8 Å². The number of rotatable bonds is 9. The molecule has 59 heavy (non-hydrogen) atoms. The van der Waals surface area contributed by atoms with Crippen molar-refractivity contribution in [1.82, 2.24) is 40.4 Å². The topological polar surface area (TPSA) is 184 Å². The minimum absolute atomic E-state index is 0.0364. The monoisotopic (exact) mass is 822 g/mol. The second-order valence-electron chi connectivity index (χ2n) is 16.8. The van der Waals surface area contributed by atoms with Gasteiger partial charge in [-0.25, -0.2) is 19.6 Å². The van der Waals surface area contributed by atoms with Crippen molar-refractivity contribution in [2.45, 2.75) is 82.8 Å². The summed E-state index contributed by atoms with van der Waals surface area (Å²) >= 11 is 0. The van der Waals surface area contributed by atoms with E-state index in [9.17, 15) is 19.2 Å². The van der Waals surface area contributed by atoms with Gasteiger partial charge in [-0.05, 0) is 79.5 Å². The first-order valence-corrected chi connectivity index (χ1v) is 23.8. The van der Waals surface area contributed by atoms with Crippen molar-refractivity contribution in [2.75, 3.05) is 40.1 Å². The van der Waals surface area contributed by atoms with Crippen LogP contribution in [0.3, 0.4) is 0 Å². The highest BCUT2D eigenvalue weighted by molar-refractivity contribution is 6.78. The number of ether oxygens (including phenoxy) is 3. The van der Waals surface area contributed by atoms with E-state index in [4.69, 9.17) is 24.2 Å². The number of aromatic nitrogens is 4. The first kappa shape index (κ1) is 41.5. The predicted octanol–water partition coefficient (Wildman–Crippen LogP) is 5.68. The van der Waals surface area contributed by atoms with Gasteiger partial charge in [0.25, 0.3) is 0 Å². The van der Waals surface area contributed by atoms with Crippen molar-refractivity contribution >= 4 is 43.1 Å². The Bertz CT molecular complexity index is 2240. The average Bonchev–Trinajstić information content (AvgIpc) is 4.06. The Balaban J connectivity index is 1.03. The van der Waals surface area contributed by atoms with Crippen molar-refractivity contribution in [2.24, 2.45) is 11.8 Å². The summed E-state index contributed by atoms with van der Waals surface area (Å²) < 4.78 is 15.2. The Labute approximate surface area is 345 Å². The molecule has 3 fully saturated rings. The lowest BCUT2D eigenvalue weighted by Gasteiger charge is -2.34. The zero-order valence-corrected chi connectivity index (χ0v) is 35.6. The molecule has 3 aliphatic rings. The van der Waals surface area contributed by atoms with Gasteiger partial charge in [-0.3, -0.25) is 9.59 Å². The third kappa shape index (κ3) is 9.31. The molecule has 4 atom stereocenters. The number of amides is 4. The molecule has 16 heteroatoms. The van der Waals surface area contributed by atoms with Crippen LogP contribution in [0.4, 0.5) is 9.59 Å². The summed E-state index contributed by atoms with van der Waals surface area (Å²) in [6, 6.07) is 12.8. The highest BCUT2D eigenvalue weighted by Gasteiger charge is 2.47. The molecule has 4 aromatic rings. The van der Waals surface area contributed by atoms with Crippen molar-refractivity contribution in [3.05, 3.63) is 71.4 Å². The standard InChI is InChI=1S/C43H54N8O7Si/c1-26(2)36(48-42(54)56-3)40(52)50-19-7-8-34(50)39-45-31-16-13-28(22-32(31)46-39)10-9-27-11-14-29(15-12-27)33-23-44-38(47-33)35-24-59(5,6)25-51(35)41(53)37(49-43(55)57-4)30-17-20-58-21-18-30/h11-16,22-23,26,30,34-37H,7-8,17-21,24-25H2,1-6H3,(H,44,47)(H,45,46)(H,48,54)(H,49,55)/t34-,35-,36-,37-/m0/s1. The molecule has 0 aliphatic carbocycles. The summed E-state index contributed by atoms with van der Waals surface area (Å²) in [4.78, 5) is 72.4. The highest BCUT2D eigenvalue weighted by atomic mass is 28.3. The number of benzene rings is 2. The molecule has 7 rings (SSSR count). The zero-order valence-electron chi connectivity index (χ0n) is 34.6. The number of hydrogen-bond donors (Lipinski definition) is 4. The zero-order chi connectivity index (χ0) is 41.8. The number of nitrogens with zero attached hydrogens (tertiary/aromatic N) is 4. The number of nitrogens with one attached hydrogen (secondary N) is 4.